The number of nitrogens with two attached hydrogens (primary N) is 1. The summed E-state index contributed by atoms with van der Waals surface area (Å²) < 4.78 is 0. The quantitative estimate of drug-likeness (QED) is 0.657. The van der Waals surface area contributed by atoms with Crippen LogP contribution in [0.15, 0.2) is 18.3 Å². The second-order valence-corrected chi connectivity index (χ2v) is 8.21. The van der Waals surface area contributed by atoms with E-state index in [-0.39, 0.29) is 17.7 Å². The van der Waals surface area contributed by atoms with Crippen LogP contribution in [0.25, 0.3) is 0 Å². The maximum atomic E-state index is 12.5. The van der Waals surface area contributed by atoms with E-state index in [1.165, 1.54) is 12.8 Å². The number of nitrogens with zero attached hydrogens (tertiary/aromatic N) is 2. The molecule has 3 heterocycles. The maximum absolute atomic E-state index is 12.5. The van der Waals surface area contributed by atoms with Crippen LogP contribution in [0.2, 0.25) is 0 Å². The number of nitrogens with one attached hydrogen (secondary N) is 2. The summed E-state index contributed by atoms with van der Waals surface area (Å²) in [5, 5.41) is 6.50. The van der Waals surface area contributed by atoms with Gasteiger partial charge in [0.1, 0.15) is 5.82 Å². The number of pyridine rings is 1. The zero-order valence-corrected chi connectivity index (χ0v) is 16.8. The molecule has 3 rings (SSSR count). The Bertz CT molecular complexity index is 667. The lowest BCUT2D eigenvalue weighted by molar-refractivity contribution is -0.123. The number of carbonyl (C=O) groups is 2. The van der Waals surface area contributed by atoms with Gasteiger partial charge in [-0.15, -0.1) is 0 Å². The van der Waals surface area contributed by atoms with Crippen LogP contribution in [0, 0.1) is 17.8 Å². The van der Waals surface area contributed by atoms with Crippen molar-refractivity contribution in [2.75, 3.05) is 31.1 Å². The van der Waals surface area contributed by atoms with Crippen molar-refractivity contribution in [1.29, 1.82) is 0 Å². The minimum absolute atomic E-state index is 0.0427. The van der Waals surface area contributed by atoms with Crippen molar-refractivity contribution in [2.45, 2.75) is 45.6 Å². The van der Waals surface area contributed by atoms with Crippen LogP contribution < -0.4 is 21.3 Å². The molecular weight excluding hydrogens is 354 g/mol. The van der Waals surface area contributed by atoms with Gasteiger partial charge in [-0.2, -0.15) is 0 Å². The highest BCUT2D eigenvalue weighted by molar-refractivity contribution is 5.77. The fourth-order valence-corrected chi connectivity index (χ4v) is 4.32. The summed E-state index contributed by atoms with van der Waals surface area (Å²) in [6, 6.07) is 3.91. The standard InChI is InChI=1S/C21H33N5O2/c1-15(17-4-2-8-23-13-17)12-19(27)25-14-18-5-3-9-24-21(18)26-10-6-16(7-11-26)20(22)28/h3,5,9,15-17,23H,2,4,6-8,10-14H2,1H3,(H2,22,28)(H,25,27). The Labute approximate surface area is 167 Å². The first kappa shape index (κ1) is 20.6. The SMILES string of the molecule is CC(CC(=O)NCc1cccnc1N1CCC(C(N)=O)CC1)C1CCCNC1. The predicted molar refractivity (Wildman–Crippen MR) is 110 cm³/mol. The summed E-state index contributed by atoms with van der Waals surface area (Å²) in [5.74, 6) is 1.71. The number of piperidine rings is 2. The molecule has 28 heavy (non-hydrogen) atoms. The topological polar surface area (TPSA) is 100 Å². The summed E-state index contributed by atoms with van der Waals surface area (Å²) in [4.78, 5) is 30.6. The first-order valence-electron chi connectivity index (χ1n) is 10.5. The van der Waals surface area contributed by atoms with E-state index in [0.29, 0.717) is 24.8 Å². The highest BCUT2D eigenvalue weighted by Crippen LogP contribution is 2.25. The Kier molecular flexibility index (Phi) is 7.25. The number of rotatable bonds is 7. The summed E-state index contributed by atoms with van der Waals surface area (Å²) in [6.45, 7) is 6.29. The van der Waals surface area contributed by atoms with E-state index in [4.69, 9.17) is 5.73 Å². The second kappa shape index (κ2) is 9.87. The van der Waals surface area contributed by atoms with Gasteiger partial charge in [-0.25, -0.2) is 4.98 Å². The highest BCUT2D eigenvalue weighted by Gasteiger charge is 2.25. The molecule has 0 aliphatic carbocycles. The molecule has 2 aliphatic rings. The molecule has 2 unspecified atom stereocenters. The lowest BCUT2D eigenvalue weighted by atomic mass is 9.85. The Balaban J connectivity index is 1.52. The lowest BCUT2D eigenvalue weighted by Crippen LogP contribution is -2.39. The zero-order valence-electron chi connectivity index (χ0n) is 16.8. The van der Waals surface area contributed by atoms with Crippen LogP contribution in [0.5, 0.6) is 0 Å². The molecule has 2 atom stereocenters. The molecule has 4 N–H and O–H groups in total. The second-order valence-electron chi connectivity index (χ2n) is 8.21. The normalized spacial score (nSPS) is 21.9. The smallest absolute Gasteiger partial charge is 0.220 e. The van der Waals surface area contributed by atoms with Crippen LogP contribution in [0.3, 0.4) is 0 Å². The van der Waals surface area contributed by atoms with Crippen molar-refractivity contribution < 1.29 is 9.59 Å². The number of anilines is 1. The molecule has 0 bridgehead atoms. The number of amides is 2. The first-order chi connectivity index (χ1) is 13.5. The summed E-state index contributed by atoms with van der Waals surface area (Å²) in [6.07, 6.45) is 6.25. The monoisotopic (exact) mass is 387 g/mol. The van der Waals surface area contributed by atoms with Gasteiger partial charge in [0, 0.05) is 43.7 Å². The van der Waals surface area contributed by atoms with Gasteiger partial charge in [0.15, 0.2) is 0 Å². The van der Waals surface area contributed by atoms with Crippen LogP contribution in [-0.4, -0.2) is 43.0 Å². The fraction of sp³-hybridized carbons (Fsp3) is 0.667. The number of carbonyl (C=O) groups excluding carboxylic acids is 2. The molecule has 7 heteroatoms. The Morgan fingerprint density at radius 2 is 2.14 bits per heavy atom. The van der Waals surface area contributed by atoms with Gasteiger partial charge in [-0.05, 0) is 56.7 Å². The third-order valence-corrected chi connectivity index (χ3v) is 6.19. The van der Waals surface area contributed by atoms with E-state index in [0.717, 1.165) is 50.4 Å². The largest absolute Gasteiger partial charge is 0.369 e. The van der Waals surface area contributed by atoms with Gasteiger partial charge < -0.3 is 21.3 Å². The van der Waals surface area contributed by atoms with E-state index < -0.39 is 0 Å². The molecule has 2 aliphatic heterocycles. The molecular formula is C21H33N5O2. The van der Waals surface area contributed by atoms with Gasteiger partial charge in [-0.3, -0.25) is 9.59 Å². The van der Waals surface area contributed by atoms with Crippen molar-refractivity contribution in [2.24, 2.45) is 23.5 Å². The molecule has 154 valence electrons. The Morgan fingerprint density at radius 3 is 2.82 bits per heavy atom. The minimum atomic E-state index is -0.213. The van der Waals surface area contributed by atoms with Gasteiger partial charge in [0.2, 0.25) is 11.8 Å². The zero-order chi connectivity index (χ0) is 19.9. The molecule has 2 saturated heterocycles. The molecule has 1 aromatic rings. The molecule has 0 spiro atoms. The molecule has 1 aromatic heterocycles. The molecule has 0 aromatic carbocycles. The van der Waals surface area contributed by atoms with Crippen LogP contribution in [0.4, 0.5) is 5.82 Å². The third kappa shape index (κ3) is 5.44. The van der Waals surface area contributed by atoms with Crippen LogP contribution in [-0.2, 0) is 16.1 Å². The number of aromatic nitrogens is 1. The van der Waals surface area contributed by atoms with Crippen molar-refractivity contribution in [3.05, 3.63) is 23.9 Å². The average molecular weight is 388 g/mol. The summed E-state index contributed by atoms with van der Waals surface area (Å²) in [5.41, 5.74) is 6.45. The summed E-state index contributed by atoms with van der Waals surface area (Å²) >= 11 is 0. The number of hydrogen-bond donors (Lipinski definition) is 3. The molecule has 2 amide bonds. The first-order valence-corrected chi connectivity index (χ1v) is 10.5. The highest BCUT2D eigenvalue weighted by atomic mass is 16.2. The van der Waals surface area contributed by atoms with Gasteiger partial charge >= 0.3 is 0 Å². The summed E-state index contributed by atoms with van der Waals surface area (Å²) in [7, 11) is 0. The number of primary amides is 1. The van der Waals surface area contributed by atoms with Crippen molar-refractivity contribution in [3.63, 3.8) is 0 Å². The lowest BCUT2D eigenvalue weighted by Gasteiger charge is -2.32. The average Bonchev–Trinajstić information content (AvgIpc) is 2.73. The van der Waals surface area contributed by atoms with Gasteiger partial charge in [-0.1, -0.05) is 13.0 Å². The number of hydrogen-bond acceptors (Lipinski definition) is 5. The predicted octanol–water partition coefficient (Wildman–Crippen LogP) is 1.43. The van der Waals surface area contributed by atoms with Gasteiger partial charge in [0.05, 0.1) is 0 Å². The van der Waals surface area contributed by atoms with Crippen molar-refractivity contribution in [1.82, 2.24) is 15.6 Å². The fourth-order valence-electron chi connectivity index (χ4n) is 4.32. The van der Waals surface area contributed by atoms with Gasteiger partial charge in [0.25, 0.3) is 0 Å². The van der Waals surface area contributed by atoms with E-state index in [9.17, 15) is 9.59 Å². The molecule has 7 nitrogen and oxygen atoms in total. The maximum Gasteiger partial charge on any atom is 0.220 e. The van der Waals surface area contributed by atoms with Crippen LogP contribution in [0.1, 0.15) is 44.6 Å². The molecule has 2 fully saturated rings. The molecule has 0 saturated carbocycles. The minimum Gasteiger partial charge on any atom is -0.369 e. The van der Waals surface area contributed by atoms with E-state index in [1.54, 1.807) is 6.20 Å². The van der Waals surface area contributed by atoms with E-state index in [1.807, 2.05) is 12.1 Å². The third-order valence-electron chi connectivity index (χ3n) is 6.19. The molecule has 0 radical (unpaired) electrons. The van der Waals surface area contributed by atoms with Crippen molar-refractivity contribution in [3.8, 4) is 0 Å². The van der Waals surface area contributed by atoms with E-state index in [2.05, 4.69) is 27.4 Å². The van der Waals surface area contributed by atoms with Crippen molar-refractivity contribution >= 4 is 17.6 Å². The Morgan fingerprint density at radius 1 is 1.36 bits per heavy atom. The van der Waals surface area contributed by atoms with E-state index >= 15 is 0 Å². The Hall–Kier alpha value is -2.15. The van der Waals surface area contributed by atoms with Crippen LogP contribution >= 0.6 is 0 Å².